The van der Waals surface area contributed by atoms with E-state index >= 15 is 0 Å². The molecule has 0 spiro atoms. The Hall–Kier alpha value is -0.110. The van der Waals surface area contributed by atoms with Crippen LogP contribution in [0.2, 0.25) is 0 Å². The molecule has 0 radical (unpaired) electrons. The van der Waals surface area contributed by atoms with Gasteiger partial charge in [0, 0.05) is 6.54 Å². The minimum absolute atomic E-state index is 0.685. The van der Waals surface area contributed by atoms with E-state index < -0.39 is 0 Å². The SMILES string of the molecule is CCCCCCCCCCCCCCC(=S)NCC(C)C. The summed E-state index contributed by atoms with van der Waals surface area (Å²) in [5.41, 5.74) is 0. The monoisotopic (exact) mass is 313 g/mol. The molecular formula is C19H39NS. The van der Waals surface area contributed by atoms with Gasteiger partial charge in [-0.3, -0.25) is 0 Å². The smallest absolute Gasteiger partial charge is 0.0753 e. The lowest BCUT2D eigenvalue weighted by molar-refractivity contribution is 0.545. The summed E-state index contributed by atoms with van der Waals surface area (Å²) in [6.07, 6.45) is 18.0. The average Bonchev–Trinajstić information content (AvgIpc) is 2.46. The lowest BCUT2D eigenvalue weighted by Gasteiger charge is -2.09. The molecule has 0 saturated carbocycles. The van der Waals surface area contributed by atoms with Crippen LogP contribution in [0, 0.1) is 5.92 Å². The molecule has 0 heterocycles. The maximum Gasteiger partial charge on any atom is 0.0753 e. The van der Waals surface area contributed by atoms with Crippen molar-refractivity contribution in [2.24, 2.45) is 5.92 Å². The zero-order valence-corrected chi connectivity index (χ0v) is 15.7. The molecule has 0 unspecified atom stereocenters. The second-order valence-electron chi connectivity index (χ2n) is 6.84. The molecule has 0 aliphatic rings. The van der Waals surface area contributed by atoms with Gasteiger partial charge in [-0.25, -0.2) is 0 Å². The Kier molecular flexibility index (Phi) is 16.2. The predicted octanol–water partition coefficient (Wildman–Crippen LogP) is 6.65. The Morgan fingerprint density at radius 3 is 1.62 bits per heavy atom. The third-order valence-electron chi connectivity index (χ3n) is 3.96. The zero-order valence-electron chi connectivity index (χ0n) is 14.9. The van der Waals surface area contributed by atoms with Gasteiger partial charge < -0.3 is 5.32 Å². The minimum atomic E-state index is 0.685. The van der Waals surface area contributed by atoms with Gasteiger partial charge in [0.15, 0.2) is 0 Å². The molecule has 2 heteroatoms. The van der Waals surface area contributed by atoms with Crippen LogP contribution < -0.4 is 5.32 Å². The summed E-state index contributed by atoms with van der Waals surface area (Å²) in [5.74, 6) is 0.685. The molecule has 0 amide bonds. The number of unbranched alkanes of at least 4 members (excludes halogenated alkanes) is 11. The Balaban J connectivity index is 3.10. The molecule has 1 nitrogen and oxygen atoms in total. The van der Waals surface area contributed by atoms with Crippen molar-refractivity contribution in [3.8, 4) is 0 Å². The van der Waals surface area contributed by atoms with Crippen LogP contribution in [0.4, 0.5) is 0 Å². The van der Waals surface area contributed by atoms with E-state index in [1.165, 1.54) is 77.0 Å². The molecular weight excluding hydrogens is 274 g/mol. The fourth-order valence-electron chi connectivity index (χ4n) is 2.53. The van der Waals surface area contributed by atoms with Gasteiger partial charge in [-0.05, 0) is 18.8 Å². The van der Waals surface area contributed by atoms with E-state index in [2.05, 4.69) is 26.1 Å². The van der Waals surface area contributed by atoms with Crippen molar-refractivity contribution in [1.82, 2.24) is 5.32 Å². The number of nitrogens with one attached hydrogen (secondary N) is 1. The highest BCUT2D eigenvalue weighted by Gasteiger charge is 1.98. The summed E-state index contributed by atoms with van der Waals surface area (Å²) in [4.78, 5) is 1.07. The molecule has 0 rings (SSSR count). The van der Waals surface area contributed by atoms with E-state index in [1.54, 1.807) is 0 Å². The average molecular weight is 314 g/mol. The van der Waals surface area contributed by atoms with Crippen molar-refractivity contribution in [2.75, 3.05) is 6.54 Å². The van der Waals surface area contributed by atoms with Crippen LogP contribution in [0.1, 0.15) is 104 Å². The number of hydrogen-bond donors (Lipinski definition) is 1. The van der Waals surface area contributed by atoms with E-state index in [-0.39, 0.29) is 0 Å². The van der Waals surface area contributed by atoms with Crippen molar-refractivity contribution in [2.45, 2.75) is 104 Å². The number of thiocarbonyl (C=S) groups is 1. The summed E-state index contributed by atoms with van der Waals surface area (Å²) < 4.78 is 0. The predicted molar refractivity (Wildman–Crippen MR) is 101 cm³/mol. The first-order chi connectivity index (χ1) is 10.2. The van der Waals surface area contributed by atoms with Gasteiger partial charge in [0.25, 0.3) is 0 Å². The summed E-state index contributed by atoms with van der Waals surface area (Å²) in [7, 11) is 0. The van der Waals surface area contributed by atoms with Crippen molar-refractivity contribution < 1.29 is 0 Å². The van der Waals surface area contributed by atoms with E-state index in [0.29, 0.717) is 5.92 Å². The Morgan fingerprint density at radius 1 is 0.762 bits per heavy atom. The maximum atomic E-state index is 5.34. The van der Waals surface area contributed by atoms with Crippen molar-refractivity contribution in [1.29, 1.82) is 0 Å². The van der Waals surface area contributed by atoms with E-state index in [4.69, 9.17) is 12.2 Å². The van der Waals surface area contributed by atoms with Crippen LogP contribution in [0.5, 0.6) is 0 Å². The topological polar surface area (TPSA) is 12.0 Å². The van der Waals surface area contributed by atoms with Crippen LogP contribution >= 0.6 is 12.2 Å². The molecule has 0 aliphatic heterocycles. The van der Waals surface area contributed by atoms with Crippen LogP contribution in [-0.2, 0) is 0 Å². The quantitative estimate of drug-likeness (QED) is 0.268. The second-order valence-corrected chi connectivity index (χ2v) is 7.33. The van der Waals surface area contributed by atoms with Crippen molar-refractivity contribution in [3.63, 3.8) is 0 Å². The molecule has 0 bridgehead atoms. The molecule has 0 saturated heterocycles. The first-order valence-electron chi connectivity index (χ1n) is 9.43. The molecule has 1 N–H and O–H groups in total. The first-order valence-corrected chi connectivity index (χ1v) is 9.84. The largest absolute Gasteiger partial charge is 0.379 e. The molecule has 0 atom stereocenters. The highest BCUT2D eigenvalue weighted by Crippen LogP contribution is 2.12. The summed E-state index contributed by atoms with van der Waals surface area (Å²) in [6.45, 7) is 7.75. The zero-order chi connectivity index (χ0) is 15.8. The molecule has 126 valence electrons. The van der Waals surface area contributed by atoms with Crippen LogP contribution in [-0.4, -0.2) is 11.5 Å². The number of rotatable bonds is 15. The summed E-state index contributed by atoms with van der Waals surface area (Å²) in [5, 5.41) is 3.35. The maximum absolute atomic E-state index is 5.34. The Bertz CT molecular complexity index is 226. The van der Waals surface area contributed by atoms with Crippen LogP contribution in [0.15, 0.2) is 0 Å². The van der Waals surface area contributed by atoms with Crippen molar-refractivity contribution in [3.05, 3.63) is 0 Å². The standard InChI is InChI=1S/C19H39NS/c1-4-5-6-7-8-9-10-11-12-13-14-15-16-19(21)20-17-18(2)3/h18H,4-17H2,1-3H3,(H,20,21). The molecule has 0 aliphatic carbocycles. The molecule has 0 aromatic rings. The van der Waals surface area contributed by atoms with Gasteiger partial charge in [0.2, 0.25) is 0 Å². The molecule has 21 heavy (non-hydrogen) atoms. The lowest BCUT2D eigenvalue weighted by atomic mass is 10.0. The lowest BCUT2D eigenvalue weighted by Crippen LogP contribution is -2.25. The third-order valence-corrected chi connectivity index (χ3v) is 4.31. The summed E-state index contributed by atoms with van der Waals surface area (Å²) >= 11 is 5.34. The van der Waals surface area contributed by atoms with Gasteiger partial charge in [-0.15, -0.1) is 0 Å². The fourth-order valence-corrected chi connectivity index (χ4v) is 2.76. The summed E-state index contributed by atoms with van der Waals surface area (Å²) in [6, 6.07) is 0. The van der Waals surface area contributed by atoms with Gasteiger partial charge in [0.1, 0.15) is 0 Å². The van der Waals surface area contributed by atoms with E-state index in [1.807, 2.05) is 0 Å². The van der Waals surface area contributed by atoms with Gasteiger partial charge >= 0.3 is 0 Å². The highest BCUT2D eigenvalue weighted by atomic mass is 32.1. The minimum Gasteiger partial charge on any atom is -0.379 e. The molecule has 0 aromatic heterocycles. The van der Waals surface area contributed by atoms with Crippen LogP contribution in [0.25, 0.3) is 0 Å². The highest BCUT2D eigenvalue weighted by molar-refractivity contribution is 7.80. The first kappa shape index (κ1) is 20.9. The van der Waals surface area contributed by atoms with Crippen LogP contribution in [0.3, 0.4) is 0 Å². The third kappa shape index (κ3) is 17.8. The fraction of sp³-hybridized carbons (Fsp3) is 0.947. The molecule has 0 fully saturated rings. The normalized spacial score (nSPS) is 11.0. The molecule has 0 aromatic carbocycles. The van der Waals surface area contributed by atoms with Gasteiger partial charge in [0.05, 0.1) is 4.99 Å². The number of hydrogen-bond acceptors (Lipinski definition) is 1. The van der Waals surface area contributed by atoms with E-state index in [9.17, 15) is 0 Å². The Labute approximate surface area is 139 Å². The van der Waals surface area contributed by atoms with E-state index in [0.717, 1.165) is 18.0 Å². The van der Waals surface area contributed by atoms with Gasteiger partial charge in [-0.2, -0.15) is 0 Å². The van der Waals surface area contributed by atoms with Gasteiger partial charge in [-0.1, -0.05) is 104 Å². The Morgan fingerprint density at radius 2 is 1.19 bits per heavy atom. The van der Waals surface area contributed by atoms with Crippen molar-refractivity contribution >= 4 is 17.2 Å². The second kappa shape index (κ2) is 16.3.